The van der Waals surface area contributed by atoms with Crippen LogP contribution in [0.2, 0.25) is 0 Å². The molecule has 4 rings (SSSR count). The third kappa shape index (κ3) is 3.38. The zero-order valence-corrected chi connectivity index (χ0v) is 15.8. The standard InChI is InChI=1S/C20H19N3O3S/c1-12(20-22-14-8-4-6-10-17(14)27-20)23(2)18(24)11-16-19(25)21-13-7-3-5-9-15(13)26-16/h3-10,12,16H,11H2,1-2H3,(H,21,25)/t12-,16+/m0/s1. The molecule has 0 bridgehead atoms. The van der Waals surface area contributed by atoms with Gasteiger partial charge in [0.1, 0.15) is 10.8 Å². The third-order valence-corrected chi connectivity index (χ3v) is 5.92. The van der Waals surface area contributed by atoms with E-state index in [0.29, 0.717) is 11.4 Å². The van der Waals surface area contributed by atoms with Crippen LogP contribution < -0.4 is 10.1 Å². The van der Waals surface area contributed by atoms with Crippen LogP contribution in [-0.2, 0) is 9.59 Å². The Morgan fingerprint density at radius 3 is 2.81 bits per heavy atom. The fraction of sp³-hybridized carbons (Fsp3) is 0.250. The van der Waals surface area contributed by atoms with Gasteiger partial charge in [-0.3, -0.25) is 9.59 Å². The number of aromatic nitrogens is 1. The lowest BCUT2D eigenvalue weighted by Gasteiger charge is -2.28. The van der Waals surface area contributed by atoms with Crippen LogP contribution in [0.25, 0.3) is 10.2 Å². The first-order valence-electron chi connectivity index (χ1n) is 8.70. The first-order valence-corrected chi connectivity index (χ1v) is 9.52. The molecule has 0 saturated carbocycles. The number of rotatable bonds is 4. The number of benzene rings is 2. The van der Waals surface area contributed by atoms with Gasteiger partial charge >= 0.3 is 0 Å². The Bertz CT molecular complexity index is 983. The molecule has 2 amide bonds. The molecular weight excluding hydrogens is 362 g/mol. The van der Waals surface area contributed by atoms with Crippen molar-refractivity contribution in [2.24, 2.45) is 0 Å². The van der Waals surface area contributed by atoms with Crippen LogP contribution in [0.15, 0.2) is 48.5 Å². The van der Waals surface area contributed by atoms with Gasteiger partial charge in [0.25, 0.3) is 5.91 Å². The number of nitrogens with zero attached hydrogens (tertiary/aromatic N) is 2. The van der Waals surface area contributed by atoms with Crippen LogP contribution in [0.3, 0.4) is 0 Å². The Kier molecular flexibility index (Phi) is 4.53. The first kappa shape index (κ1) is 17.5. The number of amides is 2. The molecule has 1 aliphatic rings. The summed E-state index contributed by atoms with van der Waals surface area (Å²) in [5.74, 6) is 0.112. The Morgan fingerprint density at radius 2 is 2.00 bits per heavy atom. The van der Waals surface area contributed by atoms with Crippen molar-refractivity contribution in [3.05, 3.63) is 53.5 Å². The average Bonchev–Trinajstić information content (AvgIpc) is 3.11. The smallest absolute Gasteiger partial charge is 0.266 e. The highest BCUT2D eigenvalue weighted by molar-refractivity contribution is 7.18. The van der Waals surface area contributed by atoms with E-state index in [1.807, 2.05) is 43.3 Å². The van der Waals surface area contributed by atoms with Crippen molar-refractivity contribution in [1.29, 1.82) is 0 Å². The lowest BCUT2D eigenvalue weighted by Crippen LogP contribution is -2.41. The van der Waals surface area contributed by atoms with Gasteiger partial charge in [0.15, 0.2) is 6.10 Å². The monoisotopic (exact) mass is 381 g/mol. The fourth-order valence-corrected chi connectivity index (χ4v) is 4.04. The Hall–Kier alpha value is -2.93. The highest BCUT2D eigenvalue weighted by Crippen LogP contribution is 2.31. The minimum absolute atomic E-state index is 0.0219. The summed E-state index contributed by atoms with van der Waals surface area (Å²) in [5, 5.41) is 3.65. The summed E-state index contributed by atoms with van der Waals surface area (Å²) >= 11 is 1.57. The Labute approximate surface area is 160 Å². The van der Waals surface area contributed by atoms with Crippen molar-refractivity contribution < 1.29 is 14.3 Å². The zero-order chi connectivity index (χ0) is 19.0. The molecule has 0 unspecified atom stereocenters. The van der Waals surface area contributed by atoms with Crippen LogP contribution in [0.1, 0.15) is 24.4 Å². The van der Waals surface area contributed by atoms with Crippen LogP contribution >= 0.6 is 11.3 Å². The minimum Gasteiger partial charge on any atom is -0.478 e. The summed E-state index contributed by atoms with van der Waals surface area (Å²) in [4.78, 5) is 31.2. The summed E-state index contributed by atoms with van der Waals surface area (Å²) in [7, 11) is 1.73. The fourth-order valence-electron chi connectivity index (χ4n) is 2.98. The quantitative estimate of drug-likeness (QED) is 0.749. The van der Waals surface area contributed by atoms with E-state index in [2.05, 4.69) is 10.3 Å². The number of anilines is 1. The summed E-state index contributed by atoms with van der Waals surface area (Å²) in [5.41, 5.74) is 1.55. The normalized spacial score (nSPS) is 17.0. The maximum absolute atomic E-state index is 12.7. The second-order valence-electron chi connectivity index (χ2n) is 6.50. The Morgan fingerprint density at radius 1 is 1.26 bits per heavy atom. The number of hydrogen-bond donors (Lipinski definition) is 1. The van der Waals surface area contributed by atoms with Crippen LogP contribution in [0, 0.1) is 0 Å². The molecule has 0 fully saturated rings. The second-order valence-corrected chi connectivity index (χ2v) is 7.56. The molecule has 138 valence electrons. The van der Waals surface area contributed by atoms with E-state index in [4.69, 9.17) is 4.74 Å². The number of thiazole rings is 1. The number of carbonyl (C=O) groups is 2. The lowest BCUT2D eigenvalue weighted by atomic mass is 10.1. The van der Waals surface area contributed by atoms with E-state index < -0.39 is 6.10 Å². The van der Waals surface area contributed by atoms with E-state index in [0.717, 1.165) is 15.2 Å². The zero-order valence-electron chi connectivity index (χ0n) is 15.0. The highest BCUT2D eigenvalue weighted by atomic mass is 32.1. The average molecular weight is 381 g/mol. The van der Waals surface area contributed by atoms with Gasteiger partial charge in [-0.1, -0.05) is 24.3 Å². The molecule has 1 aliphatic heterocycles. The number of fused-ring (bicyclic) bond motifs is 2. The highest BCUT2D eigenvalue weighted by Gasteiger charge is 2.32. The van der Waals surface area contributed by atoms with E-state index >= 15 is 0 Å². The minimum atomic E-state index is -0.836. The van der Waals surface area contributed by atoms with Crippen LogP contribution in [0.5, 0.6) is 5.75 Å². The van der Waals surface area contributed by atoms with Crippen molar-refractivity contribution in [2.45, 2.75) is 25.5 Å². The van der Waals surface area contributed by atoms with Gasteiger partial charge in [0.05, 0.1) is 28.4 Å². The summed E-state index contributed by atoms with van der Waals surface area (Å²) in [6, 6.07) is 14.9. The topological polar surface area (TPSA) is 71.5 Å². The molecule has 7 heteroatoms. The summed E-state index contributed by atoms with van der Waals surface area (Å²) < 4.78 is 6.82. The summed E-state index contributed by atoms with van der Waals surface area (Å²) in [6.07, 6.45) is -0.858. The SMILES string of the molecule is C[C@@H](c1nc2ccccc2s1)N(C)C(=O)C[C@H]1Oc2ccccc2NC1=O. The maximum atomic E-state index is 12.7. The van der Waals surface area contributed by atoms with Crippen molar-refractivity contribution in [3.8, 4) is 5.75 Å². The van der Waals surface area contributed by atoms with Crippen molar-refractivity contribution in [2.75, 3.05) is 12.4 Å². The van der Waals surface area contributed by atoms with E-state index in [9.17, 15) is 9.59 Å². The van der Waals surface area contributed by atoms with Gasteiger partial charge in [0.2, 0.25) is 5.91 Å². The molecule has 1 N–H and O–H groups in total. The largest absolute Gasteiger partial charge is 0.478 e. The van der Waals surface area contributed by atoms with E-state index in [1.54, 1.807) is 35.4 Å². The molecule has 2 aromatic carbocycles. The molecule has 2 atom stereocenters. The predicted molar refractivity (Wildman–Crippen MR) is 105 cm³/mol. The third-order valence-electron chi connectivity index (χ3n) is 4.71. The number of carbonyl (C=O) groups excluding carboxylic acids is 2. The number of ether oxygens (including phenoxy) is 1. The van der Waals surface area contributed by atoms with Crippen molar-refractivity contribution in [3.63, 3.8) is 0 Å². The van der Waals surface area contributed by atoms with Crippen molar-refractivity contribution in [1.82, 2.24) is 9.88 Å². The molecular formula is C20H19N3O3S. The molecule has 27 heavy (non-hydrogen) atoms. The van der Waals surface area contributed by atoms with Crippen LogP contribution in [0.4, 0.5) is 5.69 Å². The molecule has 0 spiro atoms. The number of nitrogens with one attached hydrogen (secondary N) is 1. The van der Waals surface area contributed by atoms with E-state index in [1.165, 1.54) is 0 Å². The molecule has 1 aromatic heterocycles. The molecule has 2 heterocycles. The Balaban J connectivity index is 1.46. The number of hydrogen-bond acceptors (Lipinski definition) is 5. The molecule has 3 aromatic rings. The molecule has 0 saturated heterocycles. The second kappa shape index (κ2) is 7.00. The van der Waals surface area contributed by atoms with Crippen molar-refractivity contribution >= 4 is 39.1 Å². The summed E-state index contributed by atoms with van der Waals surface area (Å²) in [6.45, 7) is 1.94. The van der Waals surface area contributed by atoms with Gasteiger partial charge < -0.3 is 15.0 Å². The molecule has 0 radical (unpaired) electrons. The first-order chi connectivity index (χ1) is 13.0. The molecule has 6 nitrogen and oxygen atoms in total. The van der Waals surface area contributed by atoms with Gasteiger partial charge in [-0.15, -0.1) is 11.3 Å². The van der Waals surface area contributed by atoms with Gasteiger partial charge in [-0.2, -0.15) is 0 Å². The lowest BCUT2D eigenvalue weighted by molar-refractivity contribution is -0.137. The predicted octanol–water partition coefficient (Wildman–Crippen LogP) is 3.61. The van der Waals surface area contributed by atoms with Gasteiger partial charge in [-0.05, 0) is 31.2 Å². The number of para-hydroxylation sites is 3. The van der Waals surface area contributed by atoms with Gasteiger partial charge in [0, 0.05) is 7.05 Å². The maximum Gasteiger partial charge on any atom is 0.266 e. The van der Waals surface area contributed by atoms with E-state index in [-0.39, 0.29) is 24.3 Å². The molecule has 0 aliphatic carbocycles. The van der Waals surface area contributed by atoms with Gasteiger partial charge in [-0.25, -0.2) is 4.98 Å². The van der Waals surface area contributed by atoms with Crippen LogP contribution in [-0.4, -0.2) is 34.8 Å².